The zero-order valence-corrected chi connectivity index (χ0v) is 17.4. The van der Waals surface area contributed by atoms with Crippen molar-refractivity contribution in [3.63, 3.8) is 0 Å². The summed E-state index contributed by atoms with van der Waals surface area (Å²) >= 11 is 6.26. The molecule has 6 nitrogen and oxygen atoms in total. The van der Waals surface area contributed by atoms with Gasteiger partial charge in [-0.15, -0.1) is 0 Å². The van der Waals surface area contributed by atoms with E-state index in [0.717, 1.165) is 23.2 Å². The first-order valence-electron chi connectivity index (χ1n) is 9.16. The summed E-state index contributed by atoms with van der Waals surface area (Å²) in [5.74, 6) is 0.433. The van der Waals surface area contributed by atoms with E-state index in [1.807, 2.05) is 49.4 Å². The second-order valence-electron chi connectivity index (χ2n) is 6.73. The van der Waals surface area contributed by atoms with Gasteiger partial charge in [-0.3, -0.25) is 9.69 Å². The number of thioether (sulfide) groups is 1. The number of nitrogens with one attached hydrogen (secondary N) is 2. The summed E-state index contributed by atoms with van der Waals surface area (Å²) in [6.07, 6.45) is 2.49. The monoisotopic (exact) mass is 425 g/mol. The van der Waals surface area contributed by atoms with E-state index in [4.69, 9.17) is 17.0 Å². The normalized spacial score (nSPS) is 17.4. The van der Waals surface area contributed by atoms with Crippen molar-refractivity contribution < 1.29 is 14.3 Å². The summed E-state index contributed by atoms with van der Waals surface area (Å²) in [5, 5.41) is 5.55. The molecule has 3 amide bonds. The van der Waals surface area contributed by atoms with Crippen molar-refractivity contribution in [3.05, 3.63) is 58.5 Å². The predicted octanol–water partition coefficient (Wildman–Crippen LogP) is 4.30. The SMILES string of the molecule is Cc1ccc(NC(=O)N2CCCOc3ccc(C=C4SC(=S)NC4=O)cc32)cc1. The number of aryl methyl sites for hydroxylation is 1. The van der Waals surface area contributed by atoms with E-state index < -0.39 is 0 Å². The Bertz CT molecular complexity index is 1020. The molecule has 2 heterocycles. The number of benzene rings is 2. The van der Waals surface area contributed by atoms with Crippen LogP contribution in [0, 0.1) is 6.92 Å². The Morgan fingerprint density at radius 3 is 2.79 bits per heavy atom. The van der Waals surface area contributed by atoms with Gasteiger partial charge in [0, 0.05) is 12.2 Å². The minimum absolute atomic E-state index is 0.208. The van der Waals surface area contributed by atoms with Crippen LogP contribution in [0.2, 0.25) is 0 Å². The van der Waals surface area contributed by atoms with E-state index in [-0.39, 0.29) is 11.9 Å². The number of carbonyl (C=O) groups excluding carboxylic acids is 2. The fourth-order valence-electron chi connectivity index (χ4n) is 3.09. The average Bonchev–Trinajstić information content (AvgIpc) is 2.89. The average molecular weight is 426 g/mol. The van der Waals surface area contributed by atoms with Crippen molar-refractivity contribution in [2.75, 3.05) is 23.4 Å². The topological polar surface area (TPSA) is 70.7 Å². The van der Waals surface area contributed by atoms with Crippen molar-refractivity contribution in [1.82, 2.24) is 5.32 Å². The van der Waals surface area contributed by atoms with Gasteiger partial charge in [0.25, 0.3) is 5.91 Å². The predicted molar refractivity (Wildman–Crippen MR) is 120 cm³/mol. The van der Waals surface area contributed by atoms with Gasteiger partial charge in [0.15, 0.2) is 0 Å². The number of carbonyl (C=O) groups is 2. The summed E-state index contributed by atoms with van der Waals surface area (Å²) < 4.78 is 6.25. The van der Waals surface area contributed by atoms with Gasteiger partial charge in [-0.25, -0.2) is 4.79 Å². The van der Waals surface area contributed by atoms with Gasteiger partial charge < -0.3 is 15.4 Å². The lowest BCUT2D eigenvalue weighted by Crippen LogP contribution is -2.35. The van der Waals surface area contributed by atoms with E-state index in [0.29, 0.717) is 33.8 Å². The molecule has 4 rings (SSSR count). The molecule has 0 atom stereocenters. The molecule has 0 bridgehead atoms. The van der Waals surface area contributed by atoms with Crippen LogP contribution >= 0.6 is 24.0 Å². The number of thiocarbonyl (C=S) groups is 1. The standard InChI is InChI=1S/C21H19N3O3S2/c1-13-3-6-15(7-4-13)22-20(26)24-9-2-10-27-17-8-5-14(11-16(17)24)12-18-19(25)23-21(28)29-18/h3-8,11-12H,2,9-10H2,1H3,(H,22,26)(H,23,25,28). The number of urea groups is 1. The summed E-state index contributed by atoms with van der Waals surface area (Å²) in [7, 11) is 0. The molecule has 0 spiro atoms. The van der Waals surface area contributed by atoms with Crippen LogP contribution in [0.5, 0.6) is 5.75 Å². The second kappa shape index (κ2) is 8.26. The van der Waals surface area contributed by atoms with Crippen LogP contribution in [-0.4, -0.2) is 29.4 Å². The first-order valence-corrected chi connectivity index (χ1v) is 10.4. The molecule has 2 aromatic carbocycles. The first kappa shape index (κ1) is 19.5. The van der Waals surface area contributed by atoms with Gasteiger partial charge in [0.05, 0.1) is 17.2 Å². The number of hydrogen-bond donors (Lipinski definition) is 2. The number of anilines is 2. The molecular weight excluding hydrogens is 406 g/mol. The molecule has 0 unspecified atom stereocenters. The Hall–Kier alpha value is -2.84. The molecule has 148 valence electrons. The van der Waals surface area contributed by atoms with Crippen molar-refractivity contribution in [2.45, 2.75) is 13.3 Å². The maximum atomic E-state index is 13.0. The van der Waals surface area contributed by atoms with Crippen molar-refractivity contribution in [2.24, 2.45) is 0 Å². The highest BCUT2D eigenvalue weighted by Crippen LogP contribution is 2.34. The summed E-state index contributed by atoms with van der Waals surface area (Å²) in [4.78, 5) is 27.1. The molecule has 0 aliphatic carbocycles. The van der Waals surface area contributed by atoms with Gasteiger partial charge >= 0.3 is 6.03 Å². The molecule has 2 N–H and O–H groups in total. The van der Waals surface area contributed by atoms with E-state index in [1.54, 1.807) is 11.0 Å². The Morgan fingerprint density at radius 1 is 1.28 bits per heavy atom. The second-order valence-corrected chi connectivity index (χ2v) is 8.45. The molecule has 29 heavy (non-hydrogen) atoms. The number of hydrogen-bond acceptors (Lipinski definition) is 5. The fourth-order valence-corrected chi connectivity index (χ4v) is 4.14. The molecule has 2 aliphatic heterocycles. The largest absolute Gasteiger partial charge is 0.491 e. The first-order chi connectivity index (χ1) is 14.0. The minimum Gasteiger partial charge on any atom is -0.491 e. The van der Waals surface area contributed by atoms with Crippen LogP contribution in [0.15, 0.2) is 47.4 Å². The van der Waals surface area contributed by atoms with E-state index in [2.05, 4.69) is 10.6 Å². The highest BCUT2D eigenvalue weighted by molar-refractivity contribution is 8.26. The van der Waals surface area contributed by atoms with E-state index >= 15 is 0 Å². The molecule has 0 saturated carbocycles. The molecule has 2 aromatic rings. The third kappa shape index (κ3) is 4.44. The number of ether oxygens (including phenoxy) is 1. The maximum absolute atomic E-state index is 13.0. The lowest BCUT2D eigenvalue weighted by atomic mass is 10.1. The lowest BCUT2D eigenvalue weighted by Gasteiger charge is -2.22. The minimum atomic E-state index is -0.223. The quantitative estimate of drug-likeness (QED) is 0.554. The van der Waals surface area contributed by atoms with E-state index in [9.17, 15) is 9.59 Å². The number of nitrogens with zero attached hydrogens (tertiary/aromatic N) is 1. The fraction of sp³-hybridized carbons (Fsp3) is 0.190. The van der Waals surface area contributed by atoms with Gasteiger partial charge in [0.2, 0.25) is 0 Å². The van der Waals surface area contributed by atoms with Gasteiger partial charge in [-0.1, -0.05) is 47.7 Å². The Balaban J connectivity index is 1.63. The Labute approximate surface area is 178 Å². The van der Waals surface area contributed by atoms with E-state index in [1.165, 1.54) is 11.8 Å². The summed E-state index contributed by atoms with van der Waals surface area (Å²) in [6, 6.07) is 13.0. The van der Waals surface area contributed by atoms with Crippen LogP contribution in [0.25, 0.3) is 6.08 Å². The van der Waals surface area contributed by atoms with Crippen LogP contribution in [0.4, 0.5) is 16.2 Å². The number of amides is 3. The lowest BCUT2D eigenvalue weighted by molar-refractivity contribution is -0.115. The van der Waals surface area contributed by atoms with Crippen molar-refractivity contribution >= 4 is 57.7 Å². The zero-order chi connectivity index (χ0) is 20.4. The van der Waals surface area contributed by atoms with Crippen molar-refractivity contribution in [3.8, 4) is 5.75 Å². The molecular formula is C21H19N3O3S2. The molecule has 8 heteroatoms. The highest BCUT2D eigenvalue weighted by Gasteiger charge is 2.25. The van der Waals surface area contributed by atoms with Crippen LogP contribution in [0.3, 0.4) is 0 Å². The molecule has 0 aromatic heterocycles. The molecule has 2 aliphatic rings. The van der Waals surface area contributed by atoms with Gasteiger partial charge in [-0.05, 0) is 49.2 Å². The Kier molecular flexibility index (Phi) is 5.55. The van der Waals surface area contributed by atoms with Gasteiger partial charge in [0.1, 0.15) is 10.1 Å². The molecule has 0 radical (unpaired) electrons. The van der Waals surface area contributed by atoms with Crippen LogP contribution < -0.4 is 20.3 Å². The van der Waals surface area contributed by atoms with Crippen LogP contribution in [0.1, 0.15) is 17.5 Å². The van der Waals surface area contributed by atoms with Crippen LogP contribution in [-0.2, 0) is 4.79 Å². The molecule has 1 saturated heterocycles. The third-order valence-corrected chi connectivity index (χ3v) is 5.71. The summed E-state index contributed by atoms with van der Waals surface area (Å²) in [5.41, 5.74) is 3.33. The number of rotatable bonds is 2. The summed E-state index contributed by atoms with van der Waals surface area (Å²) in [6.45, 7) is 3.07. The Morgan fingerprint density at radius 2 is 2.07 bits per heavy atom. The van der Waals surface area contributed by atoms with Crippen molar-refractivity contribution in [1.29, 1.82) is 0 Å². The zero-order valence-electron chi connectivity index (χ0n) is 15.7. The third-order valence-electron chi connectivity index (χ3n) is 4.55. The number of fused-ring (bicyclic) bond motifs is 1. The van der Waals surface area contributed by atoms with Gasteiger partial charge in [-0.2, -0.15) is 0 Å². The molecule has 1 fully saturated rings. The smallest absolute Gasteiger partial charge is 0.326 e. The maximum Gasteiger partial charge on any atom is 0.326 e. The highest BCUT2D eigenvalue weighted by atomic mass is 32.2.